The number of ether oxygens (including phenoxy) is 2. The van der Waals surface area contributed by atoms with Crippen molar-refractivity contribution in [1.82, 2.24) is 9.97 Å². The van der Waals surface area contributed by atoms with Crippen molar-refractivity contribution < 1.29 is 22.6 Å². The standard InChI is InChI=1S/C19H22F3N3O2/c1-3-25(13-7-6-10-15(11-13)26-2)18-23-12-16(19(20,21)22)17(24-18)27-14-8-4-5-9-14/h6-7,10-12,14H,3-5,8-9H2,1-2H3. The minimum Gasteiger partial charge on any atom is -0.497 e. The lowest BCUT2D eigenvalue weighted by Gasteiger charge is -2.23. The zero-order valence-electron chi connectivity index (χ0n) is 15.3. The van der Waals surface area contributed by atoms with Crippen molar-refractivity contribution in [1.29, 1.82) is 0 Å². The number of anilines is 2. The summed E-state index contributed by atoms with van der Waals surface area (Å²) >= 11 is 0. The molecule has 27 heavy (non-hydrogen) atoms. The van der Waals surface area contributed by atoms with Crippen molar-refractivity contribution in [3.63, 3.8) is 0 Å². The summed E-state index contributed by atoms with van der Waals surface area (Å²) in [6.07, 6.45) is -0.618. The van der Waals surface area contributed by atoms with E-state index in [-0.39, 0.29) is 12.1 Å². The molecule has 0 saturated heterocycles. The Bertz CT molecular complexity index is 777. The van der Waals surface area contributed by atoms with Crippen LogP contribution in [0.5, 0.6) is 11.6 Å². The molecule has 0 radical (unpaired) electrons. The normalized spacial score (nSPS) is 15.0. The molecule has 1 saturated carbocycles. The molecule has 0 bridgehead atoms. The number of rotatable bonds is 6. The van der Waals surface area contributed by atoms with Crippen LogP contribution >= 0.6 is 0 Å². The topological polar surface area (TPSA) is 47.5 Å². The van der Waals surface area contributed by atoms with E-state index in [1.54, 1.807) is 30.2 Å². The summed E-state index contributed by atoms with van der Waals surface area (Å²) in [5.41, 5.74) is -0.219. The van der Waals surface area contributed by atoms with Crippen molar-refractivity contribution in [2.24, 2.45) is 0 Å². The van der Waals surface area contributed by atoms with Gasteiger partial charge in [0.2, 0.25) is 11.8 Å². The second kappa shape index (κ2) is 8.02. The Balaban J connectivity index is 1.98. The summed E-state index contributed by atoms with van der Waals surface area (Å²) in [5, 5.41) is 0. The van der Waals surface area contributed by atoms with Gasteiger partial charge in [0.1, 0.15) is 17.4 Å². The smallest absolute Gasteiger partial charge is 0.423 e. The third-order valence-corrected chi connectivity index (χ3v) is 4.55. The molecule has 8 heteroatoms. The first kappa shape index (κ1) is 19.3. The van der Waals surface area contributed by atoms with Crippen LogP contribution in [-0.4, -0.2) is 29.7 Å². The van der Waals surface area contributed by atoms with Gasteiger partial charge in [-0.15, -0.1) is 0 Å². The number of hydrogen-bond acceptors (Lipinski definition) is 5. The molecule has 1 fully saturated rings. The summed E-state index contributed by atoms with van der Waals surface area (Å²) in [6.45, 7) is 2.35. The summed E-state index contributed by atoms with van der Waals surface area (Å²) in [4.78, 5) is 9.81. The monoisotopic (exact) mass is 381 g/mol. The third kappa shape index (κ3) is 4.43. The zero-order valence-corrected chi connectivity index (χ0v) is 15.3. The maximum atomic E-state index is 13.4. The number of methoxy groups -OCH3 is 1. The molecule has 1 aromatic carbocycles. The van der Waals surface area contributed by atoms with Crippen molar-refractivity contribution in [3.05, 3.63) is 36.0 Å². The Morgan fingerprint density at radius 1 is 1.22 bits per heavy atom. The highest BCUT2D eigenvalue weighted by Crippen LogP contribution is 2.38. The molecular weight excluding hydrogens is 359 g/mol. The molecule has 1 aliphatic carbocycles. The first-order valence-corrected chi connectivity index (χ1v) is 8.95. The number of aromatic nitrogens is 2. The lowest BCUT2D eigenvalue weighted by molar-refractivity contribution is -0.139. The van der Waals surface area contributed by atoms with Gasteiger partial charge in [-0.05, 0) is 44.7 Å². The van der Waals surface area contributed by atoms with Crippen LogP contribution in [0.15, 0.2) is 30.5 Å². The van der Waals surface area contributed by atoms with Gasteiger partial charge in [0.15, 0.2) is 0 Å². The minimum absolute atomic E-state index is 0.159. The van der Waals surface area contributed by atoms with Gasteiger partial charge in [-0.1, -0.05) is 6.07 Å². The Labute approximate surface area is 156 Å². The van der Waals surface area contributed by atoms with Crippen LogP contribution in [0.4, 0.5) is 24.8 Å². The predicted molar refractivity (Wildman–Crippen MR) is 95.6 cm³/mol. The first-order valence-electron chi connectivity index (χ1n) is 8.95. The van der Waals surface area contributed by atoms with Crippen LogP contribution in [-0.2, 0) is 6.18 Å². The van der Waals surface area contributed by atoms with Crippen LogP contribution in [0.3, 0.4) is 0 Å². The van der Waals surface area contributed by atoms with E-state index in [9.17, 15) is 13.2 Å². The maximum absolute atomic E-state index is 13.4. The molecule has 0 unspecified atom stereocenters. The van der Waals surface area contributed by atoms with Crippen molar-refractivity contribution in [3.8, 4) is 11.6 Å². The molecule has 3 rings (SSSR count). The molecule has 1 aromatic heterocycles. The van der Waals surface area contributed by atoms with E-state index >= 15 is 0 Å². The number of benzene rings is 1. The summed E-state index contributed by atoms with van der Waals surface area (Å²) in [5.74, 6) is 0.396. The van der Waals surface area contributed by atoms with E-state index in [1.807, 2.05) is 13.0 Å². The fourth-order valence-electron chi connectivity index (χ4n) is 3.15. The average Bonchev–Trinajstić information content (AvgIpc) is 3.15. The highest BCUT2D eigenvalue weighted by molar-refractivity contribution is 5.59. The van der Waals surface area contributed by atoms with E-state index in [1.165, 1.54) is 0 Å². The molecule has 5 nitrogen and oxygen atoms in total. The summed E-state index contributed by atoms with van der Waals surface area (Å²) in [6, 6.07) is 7.20. The molecule has 1 aliphatic rings. The zero-order chi connectivity index (χ0) is 19.4. The van der Waals surface area contributed by atoms with Crippen molar-refractivity contribution in [2.45, 2.75) is 44.9 Å². The van der Waals surface area contributed by atoms with Crippen molar-refractivity contribution >= 4 is 11.6 Å². The van der Waals surface area contributed by atoms with Crippen LogP contribution in [0.1, 0.15) is 38.2 Å². The maximum Gasteiger partial charge on any atom is 0.423 e. The van der Waals surface area contributed by atoms with Crippen LogP contribution in [0, 0.1) is 0 Å². The van der Waals surface area contributed by atoms with Gasteiger partial charge in [0.05, 0.1) is 7.11 Å². The minimum atomic E-state index is -4.57. The highest BCUT2D eigenvalue weighted by Gasteiger charge is 2.37. The van der Waals surface area contributed by atoms with Gasteiger partial charge in [-0.2, -0.15) is 18.2 Å². The van der Waals surface area contributed by atoms with Gasteiger partial charge >= 0.3 is 6.18 Å². The predicted octanol–water partition coefficient (Wildman–Crippen LogP) is 4.98. The first-order chi connectivity index (χ1) is 12.9. The van der Waals surface area contributed by atoms with E-state index in [0.29, 0.717) is 12.3 Å². The molecule has 2 aromatic rings. The second-order valence-electron chi connectivity index (χ2n) is 6.36. The molecule has 0 amide bonds. The number of hydrogen-bond donors (Lipinski definition) is 0. The molecule has 0 N–H and O–H groups in total. The van der Waals surface area contributed by atoms with Crippen LogP contribution < -0.4 is 14.4 Å². The lowest BCUT2D eigenvalue weighted by atomic mass is 10.2. The fourth-order valence-corrected chi connectivity index (χ4v) is 3.15. The molecular formula is C19H22F3N3O2. The number of nitrogens with zero attached hydrogens (tertiary/aromatic N) is 3. The Morgan fingerprint density at radius 3 is 2.59 bits per heavy atom. The molecule has 0 atom stereocenters. The second-order valence-corrected chi connectivity index (χ2v) is 6.36. The largest absolute Gasteiger partial charge is 0.497 e. The van der Waals surface area contributed by atoms with Crippen molar-refractivity contribution in [2.75, 3.05) is 18.6 Å². The summed E-state index contributed by atoms with van der Waals surface area (Å²) in [7, 11) is 1.55. The fraction of sp³-hybridized carbons (Fsp3) is 0.474. The SMILES string of the molecule is CCN(c1cccc(OC)c1)c1ncc(C(F)(F)F)c(OC2CCCC2)n1. The van der Waals surface area contributed by atoms with Gasteiger partial charge in [-0.3, -0.25) is 0 Å². The quantitative estimate of drug-likeness (QED) is 0.706. The average molecular weight is 381 g/mol. The van der Waals surface area contributed by atoms with Gasteiger partial charge in [-0.25, -0.2) is 4.98 Å². The van der Waals surface area contributed by atoms with E-state index in [0.717, 1.165) is 37.6 Å². The van der Waals surface area contributed by atoms with E-state index in [2.05, 4.69) is 9.97 Å². The van der Waals surface area contributed by atoms with Crippen LogP contribution in [0.25, 0.3) is 0 Å². The Kier molecular flexibility index (Phi) is 5.72. The Hall–Kier alpha value is -2.51. The van der Waals surface area contributed by atoms with Gasteiger partial charge < -0.3 is 14.4 Å². The molecule has 0 aliphatic heterocycles. The number of halogens is 3. The van der Waals surface area contributed by atoms with Crippen LogP contribution in [0.2, 0.25) is 0 Å². The number of alkyl halides is 3. The third-order valence-electron chi connectivity index (χ3n) is 4.55. The van der Waals surface area contributed by atoms with E-state index < -0.39 is 17.6 Å². The van der Waals surface area contributed by atoms with E-state index in [4.69, 9.17) is 9.47 Å². The summed E-state index contributed by atoms with van der Waals surface area (Å²) < 4.78 is 51.0. The Morgan fingerprint density at radius 2 is 1.96 bits per heavy atom. The lowest BCUT2D eigenvalue weighted by Crippen LogP contribution is -2.22. The molecule has 0 spiro atoms. The molecule has 146 valence electrons. The van der Waals surface area contributed by atoms with Gasteiger partial charge in [0.25, 0.3) is 0 Å². The van der Waals surface area contributed by atoms with Gasteiger partial charge in [0, 0.05) is 24.5 Å². The highest BCUT2D eigenvalue weighted by atomic mass is 19.4. The molecule has 1 heterocycles.